The Bertz CT molecular complexity index is 328. The lowest BCUT2D eigenvalue weighted by molar-refractivity contribution is -0.384. The second-order valence-electron chi connectivity index (χ2n) is 2.49. The molecule has 4 nitrogen and oxygen atoms in total. The van der Waals surface area contributed by atoms with Crippen molar-refractivity contribution in [2.24, 2.45) is 0 Å². The molecule has 0 unspecified atom stereocenters. The Morgan fingerprint density at radius 2 is 2.31 bits per heavy atom. The van der Waals surface area contributed by atoms with E-state index in [4.69, 9.17) is 11.6 Å². The third-order valence-electron chi connectivity index (χ3n) is 1.68. The van der Waals surface area contributed by atoms with Crippen LogP contribution in [0.15, 0.2) is 18.2 Å². The van der Waals surface area contributed by atoms with Gasteiger partial charge in [0.2, 0.25) is 0 Å². The second-order valence-corrected chi connectivity index (χ2v) is 2.76. The standard InChI is InChI=1S/C8H9ClN2O2/c1-10-7-3-2-6(5-9)4-8(7)11(12)13/h2-4,10H,5H2,1H3. The van der Waals surface area contributed by atoms with Gasteiger partial charge in [-0.1, -0.05) is 6.07 Å². The maximum atomic E-state index is 10.6. The number of hydrogen-bond donors (Lipinski definition) is 1. The fraction of sp³-hybridized carbons (Fsp3) is 0.250. The Morgan fingerprint density at radius 1 is 1.62 bits per heavy atom. The van der Waals surface area contributed by atoms with Crippen molar-refractivity contribution in [3.05, 3.63) is 33.9 Å². The summed E-state index contributed by atoms with van der Waals surface area (Å²) in [4.78, 5) is 10.1. The fourth-order valence-electron chi connectivity index (χ4n) is 1.02. The summed E-state index contributed by atoms with van der Waals surface area (Å²) in [5.41, 5.74) is 1.30. The lowest BCUT2D eigenvalue weighted by atomic mass is 10.2. The molecule has 0 radical (unpaired) electrons. The SMILES string of the molecule is CNc1ccc(CCl)cc1[N+](=O)[O-]. The average molecular weight is 201 g/mol. The minimum atomic E-state index is -0.429. The number of benzene rings is 1. The molecule has 0 aliphatic heterocycles. The number of alkyl halides is 1. The van der Waals surface area contributed by atoms with Crippen LogP contribution in [0.3, 0.4) is 0 Å². The fourth-order valence-corrected chi connectivity index (χ4v) is 1.19. The average Bonchev–Trinajstić information content (AvgIpc) is 2.16. The second kappa shape index (κ2) is 4.09. The molecule has 5 heteroatoms. The van der Waals surface area contributed by atoms with Gasteiger partial charge in [-0.3, -0.25) is 10.1 Å². The van der Waals surface area contributed by atoms with Gasteiger partial charge in [0, 0.05) is 19.0 Å². The maximum Gasteiger partial charge on any atom is 0.292 e. The highest BCUT2D eigenvalue weighted by molar-refractivity contribution is 6.17. The van der Waals surface area contributed by atoms with Gasteiger partial charge >= 0.3 is 0 Å². The van der Waals surface area contributed by atoms with Gasteiger partial charge < -0.3 is 5.32 Å². The van der Waals surface area contributed by atoms with Crippen LogP contribution in [0.4, 0.5) is 11.4 Å². The highest BCUT2D eigenvalue weighted by atomic mass is 35.5. The van der Waals surface area contributed by atoms with Crippen molar-refractivity contribution in [3.63, 3.8) is 0 Å². The molecule has 0 aliphatic rings. The van der Waals surface area contributed by atoms with E-state index in [1.54, 1.807) is 19.2 Å². The topological polar surface area (TPSA) is 55.2 Å². The molecule has 0 fully saturated rings. The van der Waals surface area contributed by atoms with Crippen molar-refractivity contribution in [1.29, 1.82) is 0 Å². The van der Waals surface area contributed by atoms with E-state index in [2.05, 4.69) is 5.32 Å². The molecule has 0 saturated carbocycles. The van der Waals surface area contributed by atoms with Crippen LogP contribution in [0.5, 0.6) is 0 Å². The van der Waals surface area contributed by atoms with Crippen molar-refractivity contribution < 1.29 is 4.92 Å². The Labute approximate surface area is 80.7 Å². The molecule has 70 valence electrons. The third-order valence-corrected chi connectivity index (χ3v) is 1.99. The summed E-state index contributed by atoms with van der Waals surface area (Å²) in [6.45, 7) is 0. The first kappa shape index (κ1) is 9.80. The number of anilines is 1. The summed E-state index contributed by atoms with van der Waals surface area (Å²) >= 11 is 5.56. The van der Waals surface area contributed by atoms with Crippen LogP contribution < -0.4 is 5.32 Å². The Kier molecular flexibility index (Phi) is 3.08. The molecule has 13 heavy (non-hydrogen) atoms. The molecule has 1 aromatic rings. The lowest BCUT2D eigenvalue weighted by Crippen LogP contribution is -1.97. The first-order valence-electron chi connectivity index (χ1n) is 3.70. The predicted octanol–water partition coefficient (Wildman–Crippen LogP) is 2.38. The van der Waals surface area contributed by atoms with E-state index in [0.29, 0.717) is 5.69 Å². The summed E-state index contributed by atoms with van der Waals surface area (Å²) < 4.78 is 0. The van der Waals surface area contributed by atoms with Gasteiger partial charge in [0.05, 0.1) is 4.92 Å². The quantitative estimate of drug-likeness (QED) is 0.463. The van der Waals surface area contributed by atoms with Gasteiger partial charge in [-0.2, -0.15) is 0 Å². The number of nitrogens with one attached hydrogen (secondary N) is 1. The van der Waals surface area contributed by atoms with E-state index in [1.165, 1.54) is 6.07 Å². The molecule has 1 N–H and O–H groups in total. The third kappa shape index (κ3) is 2.09. The van der Waals surface area contributed by atoms with Crippen molar-refractivity contribution in [2.45, 2.75) is 5.88 Å². The minimum absolute atomic E-state index is 0.0562. The van der Waals surface area contributed by atoms with Crippen molar-refractivity contribution in [3.8, 4) is 0 Å². The monoisotopic (exact) mass is 200 g/mol. The lowest BCUT2D eigenvalue weighted by Gasteiger charge is -2.02. The summed E-state index contributed by atoms with van der Waals surface area (Å²) in [6.07, 6.45) is 0. The summed E-state index contributed by atoms with van der Waals surface area (Å²) in [5, 5.41) is 13.3. The molecule has 0 heterocycles. The normalized spacial score (nSPS) is 9.69. The summed E-state index contributed by atoms with van der Waals surface area (Å²) in [6, 6.07) is 4.88. The van der Waals surface area contributed by atoms with Crippen LogP contribution >= 0.6 is 11.6 Å². The molecule has 0 saturated heterocycles. The molecule has 0 atom stereocenters. The van der Waals surface area contributed by atoms with E-state index in [9.17, 15) is 10.1 Å². The molecule has 0 aromatic heterocycles. The molecular weight excluding hydrogens is 192 g/mol. The minimum Gasteiger partial charge on any atom is -0.383 e. The van der Waals surface area contributed by atoms with Gasteiger partial charge in [0.1, 0.15) is 5.69 Å². The van der Waals surface area contributed by atoms with Crippen LogP contribution in [-0.2, 0) is 5.88 Å². The van der Waals surface area contributed by atoms with Crippen LogP contribution in [0.2, 0.25) is 0 Å². The zero-order valence-electron chi connectivity index (χ0n) is 7.08. The molecule has 0 spiro atoms. The summed E-state index contributed by atoms with van der Waals surface area (Å²) in [5.74, 6) is 0.283. The number of nitrogens with zero attached hydrogens (tertiary/aromatic N) is 1. The molecule has 1 rings (SSSR count). The molecule has 1 aromatic carbocycles. The van der Waals surface area contributed by atoms with Gasteiger partial charge in [0.15, 0.2) is 0 Å². The summed E-state index contributed by atoms with van der Waals surface area (Å²) in [7, 11) is 1.64. The van der Waals surface area contributed by atoms with Gasteiger partial charge in [0.25, 0.3) is 5.69 Å². The van der Waals surface area contributed by atoms with Crippen molar-refractivity contribution in [2.75, 3.05) is 12.4 Å². The highest BCUT2D eigenvalue weighted by Gasteiger charge is 2.12. The smallest absolute Gasteiger partial charge is 0.292 e. The highest BCUT2D eigenvalue weighted by Crippen LogP contribution is 2.25. The zero-order chi connectivity index (χ0) is 9.84. The Morgan fingerprint density at radius 3 is 2.77 bits per heavy atom. The van der Waals surface area contributed by atoms with E-state index >= 15 is 0 Å². The maximum absolute atomic E-state index is 10.6. The Hall–Kier alpha value is -1.29. The van der Waals surface area contributed by atoms with E-state index in [0.717, 1.165) is 5.56 Å². The number of nitro groups is 1. The van der Waals surface area contributed by atoms with Crippen LogP contribution in [-0.4, -0.2) is 12.0 Å². The zero-order valence-corrected chi connectivity index (χ0v) is 7.84. The number of halogens is 1. The predicted molar refractivity (Wildman–Crippen MR) is 52.2 cm³/mol. The van der Waals surface area contributed by atoms with Crippen molar-refractivity contribution in [1.82, 2.24) is 0 Å². The van der Waals surface area contributed by atoms with E-state index in [1.807, 2.05) is 0 Å². The largest absolute Gasteiger partial charge is 0.383 e. The first-order valence-corrected chi connectivity index (χ1v) is 4.23. The molecule has 0 aliphatic carbocycles. The molecule has 0 amide bonds. The van der Waals surface area contributed by atoms with Crippen LogP contribution in [0.25, 0.3) is 0 Å². The van der Waals surface area contributed by atoms with Gasteiger partial charge in [-0.15, -0.1) is 11.6 Å². The number of hydrogen-bond acceptors (Lipinski definition) is 3. The molecular formula is C8H9ClN2O2. The van der Waals surface area contributed by atoms with Gasteiger partial charge in [-0.25, -0.2) is 0 Å². The number of nitro benzene ring substituents is 1. The van der Waals surface area contributed by atoms with Crippen LogP contribution in [0, 0.1) is 10.1 Å². The van der Waals surface area contributed by atoms with E-state index < -0.39 is 4.92 Å². The van der Waals surface area contributed by atoms with Gasteiger partial charge in [-0.05, 0) is 11.6 Å². The van der Waals surface area contributed by atoms with Crippen molar-refractivity contribution >= 4 is 23.0 Å². The first-order chi connectivity index (χ1) is 6.19. The Balaban J connectivity index is 3.18. The molecule has 0 bridgehead atoms. The van der Waals surface area contributed by atoms with E-state index in [-0.39, 0.29) is 11.6 Å². The number of rotatable bonds is 3. The van der Waals surface area contributed by atoms with Crippen LogP contribution in [0.1, 0.15) is 5.56 Å².